The van der Waals surface area contributed by atoms with Crippen LogP contribution in [0.2, 0.25) is 0 Å². The van der Waals surface area contributed by atoms with E-state index in [9.17, 15) is 9.18 Å². The maximum Gasteiger partial charge on any atom is 0.241 e. The van der Waals surface area contributed by atoms with Gasteiger partial charge >= 0.3 is 0 Å². The molecule has 1 amide bonds. The Hall–Kier alpha value is -2.06. The number of hydrogen-bond acceptors (Lipinski definition) is 5. The molecule has 0 aliphatic rings. The molecule has 8 heteroatoms. The van der Waals surface area contributed by atoms with Crippen LogP contribution >= 0.6 is 23.7 Å². The molecule has 0 bridgehead atoms. The van der Waals surface area contributed by atoms with Crippen LogP contribution in [0.5, 0.6) is 0 Å². The van der Waals surface area contributed by atoms with Gasteiger partial charge in [0.25, 0.3) is 0 Å². The van der Waals surface area contributed by atoms with Crippen LogP contribution < -0.4 is 16.8 Å². The van der Waals surface area contributed by atoms with Crippen molar-refractivity contribution in [3.63, 3.8) is 0 Å². The first-order valence-electron chi connectivity index (χ1n) is 8.91. The number of thiazole rings is 1. The van der Waals surface area contributed by atoms with Crippen LogP contribution in [0, 0.1) is 12.7 Å². The second kappa shape index (κ2) is 9.93. The molecule has 1 aromatic heterocycles. The van der Waals surface area contributed by atoms with Gasteiger partial charge in [-0.05, 0) is 68.3 Å². The number of benzene rings is 2. The van der Waals surface area contributed by atoms with E-state index in [1.807, 2.05) is 25.1 Å². The second-order valence-electron chi connectivity index (χ2n) is 6.54. The smallest absolute Gasteiger partial charge is 0.241 e. The second-order valence-corrected chi connectivity index (χ2v) is 7.57. The first-order chi connectivity index (χ1) is 13.0. The van der Waals surface area contributed by atoms with Gasteiger partial charge in [-0.15, -0.1) is 23.7 Å². The third kappa shape index (κ3) is 5.26. The SMILES string of the molecule is Cc1cc(-c2nc3ccc(F)cc3s2)ccc1NC(=O)C(N)CCCCN.Cl. The lowest BCUT2D eigenvalue weighted by Gasteiger charge is -2.14. The maximum absolute atomic E-state index is 13.4. The fraction of sp³-hybridized carbons (Fsp3) is 0.300. The lowest BCUT2D eigenvalue weighted by atomic mass is 10.1. The van der Waals surface area contributed by atoms with Gasteiger partial charge < -0.3 is 16.8 Å². The van der Waals surface area contributed by atoms with Crippen LogP contribution in [0.1, 0.15) is 24.8 Å². The molecule has 3 aromatic rings. The zero-order chi connectivity index (χ0) is 19.4. The third-order valence-electron chi connectivity index (χ3n) is 4.39. The van der Waals surface area contributed by atoms with Gasteiger partial charge in [-0.1, -0.05) is 6.42 Å². The van der Waals surface area contributed by atoms with Crippen LogP contribution in [-0.4, -0.2) is 23.5 Å². The molecule has 0 saturated carbocycles. The van der Waals surface area contributed by atoms with Crippen molar-refractivity contribution in [3.05, 3.63) is 47.8 Å². The highest BCUT2D eigenvalue weighted by atomic mass is 35.5. The van der Waals surface area contributed by atoms with Crippen molar-refractivity contribution >= 4 is 45.6 Å². The molecule has 0 fully saturated rings. The molecule has 3 rings (SSSR count). The van der Waals surface area contributed by atoms with Crippen LogP contribution in [0.15, 0.2) is 36.4 Å². The number of nitrogens with one attached hydrogen (secondary N) is 1. The average molecular weight is 423 g/mol. The molecule has 0 spiro atoms. The molecule has 5 nitrogen and oxygen atoms in total. The summed E-state index contributed by atoms with van der Waals surface area (Å²) in [6.45, 7) is 2.53. The van der Waals surface area contributed by atoms with Gasteiger partial charge in [0.1, 0.15) is 10.8 Å². The Kier molecular flexibility index (Phi) is 7.88. The molecule has 1 heterocycles. The summed E-state index contributed by atoms with van der Waals surface area (Å²) in [5.74, 6) is -0.465. The minimum atomic E-state index is -0.546. The zero-order valence-corrected chi connectivity index (χ0v) is 17.2. The highest BCUT2D eigenvalue weighted by Gasteiger charge is 2.15. The topological polar surface area (TPSA) is 94.0 Å². The van der Waals surface area contributed by atoms with Crippen molar-refractivity contribution in [1.29, 1.82) is 0 Å². The molecule has 28 heavy (non-hydrogen) atoms. The predicted molar refractivity (Wildman–Crippen MR) is 117 cm³/mol. The van der Waals surface area contributed by atoms with Crippen molar-refractivity contribution in [2.75, 3.05) is 11.9 Å². The summed E-state index contributed by atoms with van der Waals surface area (Å²) in [6, 6.07) is 9.74. The van der Waals surface area contributed by atoms with E-state index in [2.05, 4.69) is 10.3 Å². The fourth-order valence-corrected chi connectivity index (χ4v) is 3.81. The predicted octanol–water partition coefficient (Wildman–Crippen LogP) is 4.23. The van der Waals surface area contributed by atoms with Crippen LogP contribution in [-0.2, 0) is 4.79 Å². The number of carbonyl (C=O) groups excluding carboxylic acids is 1. The van der Waals surface area contributed by atoms with Gasteiger partial charge in [-0.25, -0.2) is 9.37 Å². The van der Waals surface area contributed by atoms with E-state index >= 15 is 0 Å². The van der Waals surface area contributed by atoms with Crippen molar-refractivity contribution in [2.24, 2.45) is 11.5 Å². The van der Waals surface area contributed by atoms with E-state index in [0.717, 1.165) is 44.9 Å². The molecule has 0 radical (unpaired) electrons. The van der Waals surface area contributed by atoms with Crippen molar-refractivity contribution in [3.8, 4) is 10.6 Å². The Labute approximate surface area is 173 Å². The van der Waals surface area contributed by atoms with E-state index in [1.54, 1.807) is 6.07 Å². The molecule has 0 saturated heterocycles. The molecule has 150 valence electrons. The first-order valence-corrected chi connectivity index (χ1v) is 9.73. The number of fused-ring (bicyclic) bond motifs is 1. The number of unbranched alkanes of at least 4 members (excludes halogenated alkanes) is 1. The van der Waals surface area contributed by atoms with Gasteiger partial charge in [0.2, 0.25) is 5.91 Å². The molecule has 0 aliphatic heterocycles. The van der Waals surface area contributed by atoms with Crippen molar-refractivity contribution in [2.45, 2.75) is 32.2 Å². The molecule has 1 atom stereocenters. The number of aryl methyl sites for hydroxylation is 1. The van der Waals surface area contributed by atoms with E-state index in [1.165, 1.54) is 23.5 Å². The summed E-state index contributed by atoms with van der Waals surface area (Å²) < 4.78 is 14.2. The Morgan fingerprint density at radius 3 is 2.75 bits per heavy atom. The Balaban J connectivity index is 0.00000280. The van der Waals surface area contributed by atoms with Crippen molar-refractivity contribution < 1.29 is 9.18 Å². The molecule has 1 unspecified atom stereocenters. The number of rotatable bonds is 7. The maximum atomic E-state index is 13.4. The Morgan fingerprint density at radius 1 is 1.25 bits per heavy atom. The fourth-order valence-electron chi connectivity index (χ4n) is 2.82. The summed E-state index contributed by atoms with van der Waals surface area (Å²) in [5.41, 5.74) is 14.8. The third-order valence-corrected chi connectivity index (χ3v) is 5.45. The molecule has 0 aliphatic carbocycles. The van der Waals surface area contributed by atoms with E-state index in [-0.39, 0.29) is 24.1 Å². The minimum Gasteiger partial charge on any atom is -0.330 e. The Morgan fingerprint density at radius 2 is 2.04 bits per heavy atom. The van der Waals surface area contributed by atoms with Gasteiger partial charge in [0.15, 0.2) is 0 Å². The lowest BCUT2D eigenvalue weighted by molar-refractivity contribution is -0.117. The largest absolute Gasteiger partial charge is 0.330 e. The molecular weight excluding hydrogens is 399 g/mol. The minimum absolute atomic E-state index is 0. The Bertz CT molecular complexity index is 963. The van der Waals surface area contributed by atoms with Crippen LogP contribution in [0.4, 0.5) is 10.1 Å². The number of carbonyl (C=O) groups is 1. The van der Waals surface area contributed by atoms with Gasteiger partial charge in [-0.3, -0.25) is 4.79 Å². The molecule has 5 N–H and O–H groups in total. The number of amides is 1. The molecule has 2 aromatic carbocycles. The summed E-state index contributed by atoms with van der Waals surface area (Å²) in [5, 5.41) is 3.70. The number of halogens is 2. The normalized spacial score (nSPS) is 11.9. The summed E-state index contributed by atoms with van der Waals surface area (Å²) in [4.78, 5) is 16.8. The summed E-state index contributed by atoms with van der Waals surface area (Å²) >= 11 is 1.44. The number of hydrogen-bond donors (Lipinski definition) is 3. The molecular formula is C20H24ClFN4OS. The first kappa shape index (κ1) is 22.2. The monoisotopic (exact) mass is 422 g/mol. The van der Waals surface area contributed by atoms with Gasteiger partial charge in [0.05, 0.1) is 16.3 Å². The van der Waals surface area contributed by atoms with Crippen LogP contribution in [0.25, 0.3) is 20.8 Å². The van der Waals surface area contributed by atoms with E-state index < -0.39 is 6.04 Å². The van der Waals surface area contributed by atoms with E-state index in [0.29, 0.717) is 13.0 Å². The highest BCUT2D eigenvalue weighted by Crippen LogP contribution is 2.32. The lowest BCUT2D eigenvalue weighted by Crippen LogP contribution is -2.35. The highest BCUT2D eigenvalue weighted by molar-refractivity contribution is 7.21. The van der Waals surface area contributed by atoms with Gasteiger partial charge in [0, 0.05) is 11.3 Å². The average Bonchev–Trinajstić information content (AvgIpc) is 3.06. The van der Waals surface area contributed by atoms with Crippen molar-refractivity contribution in [1.82, 2.24) is 4.98 Å². The number of anilines is 1. The number of nitrogens with zero attached hydrogens (tertiary/aromatic N) is 1. The quantitative estimate of drug-likeness (QED) is 0.496. The van der Waals surface area contributed by atoms with E-state index in [4.69, 9.17) is 11.5 Å². The summed E-state index contributed by atoms with van der Waals surface area (Å²) in [7, 11) is 0. The zero-order valence-electron chi connectivity index (χ0n) is 15.6. The summed E-state index contributed by atoms with van der Waals surface area (Å²) in [6.07, 6.45) is 2.31. The number of aromatic nitrogens is 1. The van der Waals surface area contributed by atoms with Crippen LogP contribution in [0.3, 0.4) is 0 Å². The number of nitrogens with two attached hydrogens (primary N) is 2. The standard InChI is InChI=1S/C20H23FN4OS.ClH/c1-12-10-13(20-25-17-8-6-14(21)11-18(17)27-20)5-7-16(12)24-19(26)15(23)4-2-3-9-22;/h5-8,10-11,15H,2-4,9,22-23H2,1H3,(H,24,26);1H. The van der Waals surface area contributed by atoms with Gasteiger partial charge in [-0.2, -0.15) is 0 Å².